The van der Waals surface area contributed by atoms with Gasteiger partial charge in [-0.2, -0.15) is 0 Å². The van der Waals surface area contributed by atoms with Gasteiger partial charge in [0.05, 0.1) is 24.2 Å². The number of methoxy groups -OCH3 is 1. The molecule has 0 radical (unpaired) electrons. The Morgan fingerprint density at radius 3 is 2.71 bits per heavy atom. The lowest BCUT2D eigenvalue weighted by Gasteiger charge is -2.15. The molecule has 0 aliphatic heterocycles. The van der Waals surface area contributed by atoms with Crippen LogP contribution < -0.4 is 20.1 Å². The average Bonchev–Trinajstić information content (AvgIpc) is 3.34. The lowest BCUT2D eigenvalue weighted by atomic mass is 10.1. The molecule has 1 saturated carbocycles. The largest absolute Gasteiger partial charge is 0.493 e. The summed E-state index contributed by atoms with van der Waals surface area (Å²) in [5.41, 5.74) is 1.76. The summed E-state index contributed by atoms with van der Waals surface area (Å²) in [6.45, 7) is 8.15. The van der Waals surface area contributed by atoms with Gasteiger partial charge in [0, 0.05) is 12.1 Å². The third-order valence-corrected chi connectivity index (χ3v) is 5.36. The standard InChI is InChI=1S/C23H28N4O4/c1-13(2)30-16-7-6-15(10-17(16)29-5)11-24-21(28)18-14(3)31-22-19(18)20(25-12-26-22)27-23(4)8-9-23/h6-7,10,12-13H,8-9,11H2,1-5H3,(H,24,28)(H,25,26,27). The second-order valence-electron chi connectivity index (χ2n) is 8.46. The van der Waals surface area contributed by atoms with E-state index in [1.165, 1.54) is 6.33 Å². The van der Waals surface area contributed by atoms with Gasteiger partial charge in [-0.15, -0.1) is 0 Å². The Labute approximate surface area is 181 Å². The average molecular weight is 425 g/mol. The highest BCUT2D eigenvalue weighted by Gasteiger charge is 2.38. The molecular formula is C23H28N4O4. The molecule has 2 aromatic heterocycles. The number of aryl methyl sites for hydroxylation is 1. The minimum Gasteiger partial charge on any atom is -0.493 e. The van der Waals surface area contributed by atoms with Crippen molar-refractivity contribution in [2.45, 2.75) is 58.7 Å². The zero-order valence-electron chi connectivity index (χ0n) is 18.5. The molecule has 8 heteroatoms. The van der Waals surface area contributed by atoms with E-state index in [9.17, 15) is 4.79 Å². The first-order valence-corrected chi connectivity index (χ1v) is 10.4. The number of nitrogens with zero attached hydrogens (tertiary/aromatic N) is 2. The van der Waals surface area contributed by atoms with Gasteiger partial charge in [0.1, 0.15) is 17.9 Å². The smallest absolute Gasteiger partial charge is 0.255 e. The van der Waals surface area contributed by atoms with Gasteiger partial charge in [0.25, 0.3) is 5.91 Å². The normalized spacial score (nSPS) is 14.5. The number of carbonyl (C=O) groups is 1. The fourth-order valence-electron chi connectivity index (χ4n) is 3.45. The number of furan rings is 1. The third-order valence-electron chi connectivity index (χ3n) is 5.36. The first-order valence-electron chi connectivity index (χ1n) is 10.4. The van der Waals surface area contributed by atoms with Crippen LogP contribution in [0.25, 0.3) is 11.1 Å². The Hall–Kier alpha value is -3.29. The molecule has 2 heterocycles. The van der Waals surface area contributed by atoms with Crippen LogP contribution in [-0.4, -0.2) is 34.6 Å². The van der Waals surface area contributed by atoms with Gasteiger partial charge in [0.15, 0.2) is 11.5 Å². The number of ether oxygens (including phenoxy) is 2. The minimum atomic E-state index is -0.239. The number of benzene rings is 1. The second kappa shape index (κ2) is 8.09. The Bertz CT molecular complexity index is 1120. The van der Waals surface area contributed by atoms with Gasteiger partial charge in [-0.05, 0) is 58.2 Å². The molecule has 3 aromatic rings. The van der Waals surface area contributed by atoms with Crippen molar-refractivity contribution in [3.8, 4) is 11.5 Å². The molecule has 0 saturated heterocycles. The number of nitrogens with one attached hydrogen (secondary N) is 2. The number of fused-ring (bicyclic) bond motifs is 1. The summed E-state index contributed by atoms with van der Waals surface area (Å²) in [5, 5.41) is 7.02. The van der Waals surface area contributed by atoms with Gasteiger partial charge >= 0.3 is 0 Å². The second-order valence-corrected chi connectivity index (χ2v) is 8.46. The van der Waals surface area contributed by atoms with Crippen molar-refractivity contribution >= 4 is 22.8 Å². The van der Waals surface area contributed by atoms with Gasteiger partial charge in [0.2, 0.25) is 5.71 Å². The van der Waals surface area contributed by atoms with Crippen molar-refractivity contribution in [3.05, 3.63) is 41.4 Å². The van der Waals surface area contributed by atoms with E-state index in [0.29, 0.717) is 46.3 Å². The predicted octanol–water partition coefficient (Wildman–Crippen LogP) is 4.22. The molecule has 1 fully saturated rings. The molecule has 0 spiro atoms. The zero-order chi connectivity index (χ0) is 22.2. The van der Waals surface area contributed by atoms with E-state index in [-0.39, 0.29) is 17.6 Å². The number of hydrogen-bond acceptors (Lipinski definition) is 7. The Morgan fingerprint density at radius 1 is 1.26 bits per heavy atom. The Kier molecular flexibility index (Phi) is 5.47. The number of hydrogen-bond donors (Lipinski definition) is 2. The van der Waals surface area contributed by atoms with Crippen molar-refractivity contribution < 1.29 is 18.7 Å². The maximum absolute atomic E-state index is 13.1. The monoisotopic (exact) mass is 424 g/mol. The molecule has 0 unspecified atom stereocenters. The van der Waals surface area contributed by atoms with E-state index in [1.807, 2.05) is 32.0 Å². The fourth-order valence-corrected chi connectivity index (χ4v) is 3.45. The molecule has 164 valence electrons. The number of anilines is 1. The van der Waals surface area contributed by atoms with Crippen LogP contribution in [0.2, 0.25) is 0 Å². The zero-order valence-corrected chi connectivity index (χ0v) is 18.5. The van der Waals surface area contributed by atoms with Crippen LogP contribution in [0.3, 0.4) is 0 Å². The molecule has 8 nitrogen and oxygen atoms in total. The van der Waals surface area contributed by atoms with Crippen LogP contribution >= 0.6 is 0 Å². The molecule has 4 rings (SSSR count). The van der Waals surface area contributed by atoms with Gasteiger partial charge in [-0.1, -0.05) is 6.07 Å². The molecule has 1 aliphatic carbocycles. The van der Waals surface area contributed by atoms with Gasteiger partial charge in [-0.25, -0.2) is 9.97 Å². The maximum atomic E-state index is 13.1. The molecule has 0 bridgehead atoms. The third kappa shape index (κ3) is 4.42. The summed E-state index contributed by atoms with van der Waals surface area (Å²) in [5.74, 6) is 2.20. The first-order chi connectivity index (χ1) is 14.8. The molecule has 1 aromatic carbocycles. The van der Waals surface area contributed by atoms with Crippen LogP contribution in [0.4, 0.5) is 5.82 Å². The first kappa shape index (κ1) is 21.0. The molecule has 2 N–H and O–H groups in total. The SMILES string of the molecule is COc1cc(CNC(=O)c2c(C)oc3ncnc(NC4(C)CC4)c23)ccc1OC(C)C. The van der Waals surface area contributed by atoms with Gasteiger partial charge in [-0.3, -0.25) is 4.79 Å². The van der Waals surface area contributed by atoms with E-state index in [2.05, 4.69) is 27.5 Å². The molecule has 0 atom stereocenters. The summed E-state index contributed by atoms with van der Waals surface area (Å²) in [6, 6.07) is 5.62. The summed E-state index contributed by atoms with van der Waals surface area (Å²) in [4.78, 5) is 21.7. The maximum Gasteiger partial charge on any atom is 0.255 e. The number of rotatable bonds is 8. The van der Waals surface area contributed by atoms with Crippen LogP contribution in [0, 0.1) is 6.92 Å². The van der Waals surface area contributed by atoms with Crippen molar-refractivity contribution in [1.29, 1.82) is 0 Å². The topological polar surface area (TPSA) is 98.5 Å². The Balaban J connectivity index is 1.56. The van der Waals surface area contributed by atoms with E-state index < -0.39 is 0 Å². The summed E-state index contributed by atoms with van der Waals surface area (Å²) < 4.78 is 16.9. The van der Waals surface area contributed by atoms with Crippen molar-refractivity contribution in [2.24, 2.45) is 0 Å². The highest BCUT2D eigenvalue weighted by atomic mass is 16.5. The van der Waals surface area contributed by atoms with Crippen LogP contribution in [-0.2, 0) is 6.54 Å². The van der Waals surface area contributed by atoms with Crippen LogP contribution in [0.1, 0.15) is 55.3 Å². The molecular weight excluding hydrogens is 396 g/mol. The molecule has 1 amide bonds. The molecule has 1 aliphatic rings. The quantitative estimate of drug-likeness (QED) is 0.558. The van der Waals surface area contributed by atoms with E-state index in [1.54, 1.807) is 14.0 Å². The summed E-state index contributed by atoms with van der Waals surface area (Å²) >= 11 is 0. The lowest BCUT2D eigenvalue weighted by Crippen LogP contribution is -2.24. The minimum absolute atomic E-state index is 0.0105. The number of carbonyl (C=O) groups excluding carboxylic acids is 1. The number of aromatic nitrogens is 2. The lowest BCUT2D eigenvalue weighted by molar-refractivity contribution is 0.0950. The van der Waals surface area contributed by atoms with E-state index in [4.69, 9.17) is 13.9 Å². The fraction of sp³-hybridized carbons (Fsp3) is 0.435. The van der Waals surface area contributed by atoms with E-state index in [0.717, 1.165) is 18.4 Å². The Morgan fingerprint density at radius 2 is 2.03 bits per heavy atom. The van der Waals surface area contributed by atoms with E-state index >= 15 is 0 Å². The van der Waals surface area contributed by atoms with Crippen LogP contribution in [0.5, 0.6) is 11.5 Å². The summed E-state index contributed by atoms with van der Waals surface area (Å²) in [6.07, 6.45) is 3.62. The van der Waals surface area contributed by atoms with Crippen molar-refractivity contribution in [3.63, 3.8) is 0 Å². The van der Waals surface area contributed by atoms with Crippen molar-refractivity contribution in [2.75, 3.05) is 12.4 Å². The number of amides is 1. The van der Waals surface area contributed by atoms with Gasteiger partial charge < -0.3 is 24.5 Å². The van der Waals surface area contributed by atoms with Crippen molar-refractivity contribution in [1.82, 2.24) is 15.3 Å². The summed E-state index contributed by atoms with van der Waals surface area (Å²) in [7, 11) is 1.60. The molecule has 31 heavy (non-hydrogen) atoms. The predicted molar refractivity (Wildman–Crippen MR) is 118 cm³/mol. The highest BCUT2D eigenvalue weighted by Crippen LogP contribution is 2.40. The van der Waals surface area contributed by atoms with Crippen LogP contribution in [0.15, 0.2) is 28.9 Å². The highest BCUT2D eigenvalue weighted by molar-refractivity contribution is 6.10.